The van der Waals surface area contributed by atoms with E-state index in [0.29, 0.717) is 0 Å². The van der Waals surface area contributed by atoms with Crippen LogP contribution in [0.25, 0.3) is 49.7 Å². The molecule has 2 nitrogen and oxygen atoms in total. The molecular formula is C42H30N2. The second-order valence-electron chi connectivity index (χ2n) is 11.0. The molecule has 0 saturated heterocycles. The summed E-state index contributed by atoms with van der Waals surface area (Å²) >= 11 is 0. The molecule has 208 valence electrons. The van der Waals surface area contributed by atoms with Crippen molar-refractivity contribution in [3.63, 3.8) is 0 Å². The highest BCUT2D eigenvalue weighted by atomic mass is 15.1. The van der Waals surface area contributed by atoms with Gasteiger partial charge in [-0.25, -0.2) is 0 Å². The summed E-state index contributed by atoms with van der Waals surface area (Å²) < 4.78 is 2.43. The van der Waals surface area contributed by atoms with E-state index in [0.717, 1.165) is 17.1 Å². The second kappa shape index (κ2) is 11.1. The van der Waals surface area contributed by atoms with Crippen molar-refractivity contribution in [2.75, 3.05) is 4.90 Å². The molecule has 2 heteroatoms. The molecule has 0 aliphatic rings. The number of nitrogens with zero attached hydrogens (tertiary/aromatic N) is 2. The third kappa shape index (κ3) is 4.54. The van der Waals surface area contributed by atoms with Crippen LogP contribution in [-0.4, -0.2) is 4.57 Å². The SMILES string of the molecule is c1ccc(-c2ccc3c4ccccc4n(-c4ccccc4-c4ccc(N(c5ccccc5)c5ccccc5)cc4)c3c2)cc1. The summed E-state index contributed by atoms with van der Waals surface area (Å²) in [5.74, 6) is 0. The van der Waals surface area contributed by atoms with Gasteiger partial charge < -0.3 is 9.47 Å². The van der Waals surface area contributed by atoms with E-state index in [2.05, 4.69) is 191 Å². The fourth-order valence-electron chi connectivity index (χ4n) is 6.34. The number of aromatic nitrogens is 1. The highest BCUT2D eigenvalue weighted by Gasteiger charge is 2.17. The van der Waals surface area contributed by atoms with Gasteiger partial charge in [-0.1, -0.05) is 127 Å². The van der Waals surface area contributed by atoms with Crippen LogP contribution in [0.15, 0.2) is 182 Å². The monoisotopic (exact) mass is 562 g/mol. The van der Waals surface area contributed by atoms with Crippen LogP contribution < -0.4 is 4.90 Å². The molecule has 0 amide bonds. The number of para-hydroxylation sites is 4. The molecule has 7 aromatic carbocycles. The second-order valence-corrected chi connectivity index (χ2v) is 11.0. The summed E-state index contributed by atoms with van der Waals surface area (Å²) in [6, 6.07) is 65.0. The Morgan fingerprint density at radius 1 is 0.341 bits per heavy atom. The molecule has 44 heavy (non-hydrogen) atoms. The van der Waals surface area contributed by atoms with Gasteiger partial charge >= 0.3 is 0 Å². The zero-order chi connectivity index (χ0) is 29.3. The van der Waals surface area contributed by atoms with E-state index in [1.807, 2.05) is 0 Å². The third-order valence-electron chi connectivity index (χ3n) is 8.39. The van der Waals surface area contributed by atoms with Crippen LogP contribution in [-0.2, 0) is 0 Å². The first kappa shape index (κ1) is 25.8. The first-order valence-electron chi connectivity index (χ1n) is 15.0. The Bertz CT molecular complexity index is 2160. The summed E-state index contributed by atoms with van der Waals surface area (Å²) in [7, 11) is 0. The number of benzene rings is 7. The number of fused-ring (bicyclic) bond motifs is 3. The van der Waals surface area contributed by atoms with Crippen LogP contribution in [0.1, 0.15) is 0 Å². The van der Waals surface area contributed by atoms with Crippen LogP contribution in [0.4, 0.5) is 17.1 Å². The Morgan fingerprint density at radius 2 is 0.864 bits per heavy atom. The predicted octanol–water partition coefficient (Wildman–Crippen LogP) is 11.6. The summed E-state index contributed by atoms with van der Waals surface area (Å²) in [4.78, 5) is 2.30. The summed E-state index contributed by atoms with van der Waals surface area (Å²) in [5, 5.41) is 2.51. The van der Waals surface area contributed by atoms with Gasteiger partial charge in [0, 0.05) is 33.4 Å². The third-order valence-corrected chi connectivity index (χ3v) is 8.39. The Morgan fingerprint density at radius 3 is 1.57 bits per heavy atom. The summed E-state index contributed by atoms with van der Waals surface area (Å²) in [6.45, 7) is 0. The Hall–Kier alpha value is -5.86. The highest BCUT2D eigenvalue weighted by molar-refractivity contribution is 6.10. The van der Waals surface area contributed by atoms with E-state index in [9.17, 15) is 0 Å². The lowest BCUT2D eigenvalue weighted by atomic mass is 10.0. The minimum atomic E-state index is 1.12. The molecule has 0 bridgehead atoms. The van der Waals surface area contributed by atoms with Crippen LogP contribution in [0, 0.1) is 0 Å². The molecule has 1 heterocycles. The number of rotatable bonds is 6. The largest absolute Gasteiger partial charge is 0.311 e. The summed E-state index contributed by atoms with van der Waals surface area (Å²) in [5.41, 5.74) is 11.8. The topological polar surface area (TPSA) is 8.17 Å². The highest BCUT2D eigenvalue weighted by Crippen LogP contribution is 2.39. The minimum Gasteiger partial charge on any atom is -0.311 e. The smallest absolute Gasteiger partial charge is 0.0547 e. The predicted molar refractivity (Wildman–Crippen MR) is 186 cm³/mol. The zero-order valence-corrected chi connectivity index (χ0v) is 24.2. The minimum absolute atomic E-state index is 1.12. The quantitative estimate of drug-likeness (QED) is 0.196. The van der Waals surface area contributed by atoms with Crippen molar-refractivity contribution in [3.05, 3.63) is 182 Å². The first-order valence-corrected chi connectivity index (χ1v) is 15.0. The molecule has 0 fully saturated rings. The van der Waals surface area contributed by atoms with E-state index in [-0.39, 0.29) is 0 Å². The van der Waals surface area contributed by atoms with Gasteiger partial charge in [-0.2, -0.15) is 0 Å². The fourth-order valence-corrected chi connectivity index (χ4v) is 6.34. The van der Waals surface area contributed by atoms with Crippen molar-refractivity contribution in [1.29, 1.82) is 0 Å². The summed E-state index contributed by atoms with van der Waals surface area (Å²) in [6.07, 6.45) is 0. The molecule has 0 unspecified atom stereocenters. The molecule has 0 aliphatic heterocycles. The fraction of sp³-hybridized carbons (Fsp3) is 0. The Kier molecular flexibility index (Phi) is 6.51. The molecule has 8 aromatic rings. The maximum atomic E-state index is 2.43. The lowest BCUT2D eigenvalue weighted by Gasteiger charge is -2.25. The first-order chi connectivity index (χ1) is 21.8. The van der Waals surface area contributed by atoms with Crippen molar-refractivity contribution in [3.8, 4) is 27.9 Å². The molecular weight excluding hydrogens is 532 g/mol. The van der Waals surface area contributed by atoms with E-state index >= 15 is 0 Å². The van der Waals surface area contributed by atoms with Crippen LogP contribution in [0.3, 0.4) is 0 Å². The van der Waals surface area contributed by atoms with Gasteiger partial charge in [0.2, 0.25) is 0 Å². The zero-order valence-electron chi connectivity index (χ0n) is 24.2. The van der Waals surface area contributed by atoms with Crippen molar-refractivity contribution in [1.82, 2.24) is 4.57 Å². The van der Waals surface area contributed by atoms with Gasteiger partial charge in [0.15, 0.2) is 0 Å². The van der Waals surface area contributed by atoms with Gasteiger partial charge in [0.25, 0.3) is 0 Å². The van der Waals surface area contributed by atoms with Gasteiger partial charge in [-0.15, -0.1) is 0 Å². The average molecular weight is 563 g/mol. The Balaban J connectivity index is 1.28. The molecule has 0 aliphatic carbocycles. The van der Waals surface area contributed by atoms with Crippen LogP contribution in [0.2, 0.25) is 0 Å². The number of hydrogen-bond acceptors (Lipinski definition) is 1. The average Bonchev–Trinajstić information content (AvgIpc) is 3.44. The lowest BCUT2D eigenvalue weighted by molar-refractivity contribution is 1.18. The normalized spacial score (nSPS) is 11.2. The molecule has 0 N–H and O–H groups in total. The van der Waals surface area contributed by atoms with Gasteiger partial charge in [-0.3, -0.25) is 0 Å². The van der Waals surface area contributed by atoms with E-state index < -0.39 is 0 Å². The molecule has 0 saturated carbocycles. The Labute approximate surface area is 257 Å². The molecule has 1 aromatic heterocycles. The van der Waals surface area contributed by atoms with Gasteiger partial charge in [0.05, 0.1) is 16.7 Å². The molecule has 8 rings (SSSR count). The molecule has 0 atom stereocenters. The van der Waals surface area contributed by atoms with Gasteiger partial charge in [-0.05, 0) is 71.3 Å². The molecule has 0 spiro atoms. The van der Waals surface area contributed by atoms with Crippen molar-refractivity contribution in [2.45, 2.75) is 0 Å². The van der Waals surface area contributed by atoms with Gasteiger partial charge in [0.1, 0.15) is 0 Å². The van der Waals surface area contributed by atoms with Crippen molar-refractivity contribution >= 4 is 38.9 Å². The van der Waals surface area contributed by atoms with Crippen LogP contribution >= 0.6 is 0 Å². The number of hydrogen-bond donors (Lipinski definition) is 0. The number of anilines is 3. The standard InChI is InChI=1S/C42H30N2/c1-4-14-31(15-5-1)33-26-29-39-38-21-11-13-23-41(38)44(42(39)30-33)40-22-12-10-20-37(40)32-24-27-36(28-25-32)43(34-16-6-2-7-17-34)35-18-8-3-9-19-35/h1-30H. The van der Waals surface area contributed by atoms with Crippen molar-refractivity contribution < 1.29 is 0 Å². The van der Waals surface area contributed by atoms with Crippen molar-refractivity contribution in [2.24, 2.45) is 0 Å². The van der Waals surface area contributed by atoms with E-state index in [4.69, 9.17) is 0 Å². The van der Waals surface area contributed by atoms with Crippen LogP contribution in [0.5, 0.6) is 0 Å². The maximum Gasteiger partial charge on any atom is 0.0547 e. The lowest BCUT2D eigenvalue weighted by Crippen LogP contribution is -2.09. The maximum absolute atomic E-state index is 2.43. The van der Waals surface area contributed by atoms with E-state index in [1.54, 1.807) is 0 Å². The van der Waals surface area contributed by atoms with E-state index in [1.165, 1.54) is 49.7 Å². The molecule has 0 radical (unpaired) electrons.